The number of aromatic amines is 1. The van der Waals surface area contributed by atoms with Gasteiger partial charge in [0.15, 0.2) is 5.82 Å². The lowest BCUT2D eigenvalue weighted by atomic mass is 10.1. The first-order valence-electron chi connectivity index (χ1n) is 8.48. The summed E-state index contributed by atoms with van der Waals surface area (Å²) in [5, 5.41) is 5.66. The SMILES string of the molecule is O=C(Nc1cccc(Cl)c1)c1cc2nc(Nc3c(Cl)ccc(Cl)c3F)[nH]c2cc1F. The van der Waals surface area contributed by atoms with Crippen LogP contribution in [0, 0.1) is 11.6 Å². The molecule has 0 unspecified atom stereocenters. The van der Waals surface area contributed by atoms with E-state index in [0.29, 0.717) is 16.2 Å². The summed E-state index contributed by atoms with van der Waals surface area (Å²) in [5.41, 5.74) is 0.708. The molecule has 0 aliphatic carbocycles. The van der Waals surface area contributed by atoms with Crippen LogP contribution in [0.3, 0.4) is 0 Å². The number of carbonyl (C=O) groups excluding carboxylic acids is 1. The second-order valence-corrected chi connectivity index (χ2v) is 7.49. The second-order valence-electron chi connectivity index (χ2n) is 6.24. The van der Waals surface area contributed by atoms with Crippen LogP contribution in [0.4, 0.5) is 26.1 Å². The average Bonchev–Trinajstić information content (AvgIpc) is 3.09. The van der Waals surface area contributed by atoms with Gasteiger partial charge in [0.2, 0.25) is 5.95 Å². The van der Waals surface area contributed by atoms with E-state index in [9.17, 15) is 13.6 Å². The Morgan fingerprint density at radius 2 is 1.77 bits per heavy atom. The minimum atomic E-state index is -0.760. The average molecular weight is 468 g/mol. The first kappa shape index (κ1) is 20.4. The summed E-state index contributed by atoms with van der Waals surface area (Å²) >= 11 is 17.7. The molecule has 152 valence electrons. The lowest BCUT2D eigenvalue weighted by molar-refractivity contribution is 0.102. The van der Waals surface area contributed by atoms with Gasteiger partial charge in [0.25, 0.3) is 5.91 Å². The molecule has 4 rings (SSSR count). The van der Waals surface area contributed by atoms with Crippen LogP contribution < -0.4 is 10.6 Å². The Balaban J connectivity index is 1.65. The fourth-order valence-electron chi connectivity index (χ4n) is 2.79. The molecule has 0 saturated heterocycles. The van der Waals surface area contributed by atoms with Crippen molar-refractivity contribution < 1.29 is 13.6 Å². The van der Waals surface area contributed by atoms with Gasteiger partial charge in [-0.3, -0.25) is 4.79 Å². The van der Waals surface area contributed by atoms with E-state index in [2.05, 4.69) is 20.6 Å². The van der Waals surface area contributed by atoms with Crippen molar-refractivity contribution in [2.45, 2.75) is 0 Å². The second kappa shape index (κ2) is 8.10. The summed E-state index contributed by atoms with van der Waals surface area (Å²) in [6, 6.07) is 11.6. The van der Waals surface area contributed by atoms with Crippen LogP contribution in [0.25, 0.3) is 11.0 Å². The van der Waals surface area contributed by atoms with Crippen molar-refractivity contribution in [3.63, 3.8) is 0 Å². The fraction of sp³-hybridized carbons (Fsp3) is 0. The van der Waals surface area contributed by atoms with Crippen LogP contribution in [0.1, 0.15) is 10.4 Å². The molecule has 4 aromatic rings. The first-order chi connectivity index (χ1) is 14.3. The van der Waals surface area contributed by atoms with Crippen LogP contribution >= 0.6 is 34.8 Å². The van der Waals surface area contributed by atoms with Crippen molar-refractivity contribution in [3.05, 3.63) is 80.8 Å². The number of benzene rings is 3. The van der Waals surface area contributed by atoms with Gasteiger partial charge in [-0.2, -0.15) is 0 Å². The van der Waals surface area contributed by atoms with Crippen molar-refractivity contribution in [3.8, 4) is 0 Å². The molecule has 1 amide bonds. The molecule has 30 heavy (non-hydrogen) atoms. The Hall–Kier alpha value is -2.87. The monoisotopic (exact) mass is 466 g/mol. The van der Waals surface area contributed by atoms with Crippen LogP contribution in [0.2, 0.25) is 15.1 Å². The van der Waals surface area contributed by atoms with Crippen molar-refractivity contribution in [2.24, 2.45) is 0 Å². The standard InChI is InChI=1S/C20H11Cl3F2N4O/c21-9-2-1-3-10(6-9)26-19(30)11-7-15-16(8-14(11)24)28-20(27-15)29-18-13(23)5-4-12(22)17(18)25/h1-8H,(H,26,30)(H2,27,28,29). The number of imidazole rings is 1. The summed E-state index contributed by atoms with van der Waals surface area (Å²) in [6.45, 7) is 0. The van der Waals surface area contributed by atoms with Gasteiger partial charge in [0.1, 0.15) is 5.82 Å². The topological polar surface area (TPSA) is 69.8 Å². The Bertz CT molecular complexity index is 1290. The van der Waals surface area contributed by atoms with E-state index < -0.39 is 17.5 Å². The Morgan fingerprint density at radius 1 is 1.00 bits per heavy atom. The van der Waals surface area contributed by atoms with Gasteiger partial charge >= 0.3 is 0 Å². The zero-order valence-electron chi connectivity index (χ0n) is 14.9. The van der Waals surface area contributed by atoms with Crippen LogP contribution in [-0.2, 0) is 0 Å². The number of nitrogens with one attached hydrogen (secondary N) is 3. The molecule has 1 aromatic heterocycles. The van der Waals surface area contributed by atoms with E-state index >= 15 is 0 Å². The van der Waals surface area contributed by atoms with Gasteiger partial charge in [-0.15, -0.1) is 0 Å². The third-order valence-corrected chi connectivity index (χ3v) is 5.03. The number of carbonyl (C=O) groups is 1. The Kier molecular flexibility index (Phi) is 5.51. The predicted molar refractivity (Wildman–Crippen MR) is 115 cm³/mol. The molecule has 0 radical (unpaired) electrons. The number of anilines is 3. The minimum absolute atomic E-state index is 0.0809. The number of rotatable bonds is 4. The van der Waals surface area contributed by atoms with Crippen LogP contribution in [0.15, 0.2) is 48.5 Å². The maximum atomic E-state index is 14.5. The third-order valence-electron chi connectivity index (χ3n) is 4.19. The van der Waals surface area contributed by atoms with E-state index in [1.165, 1.54) is 24.3 Å². The Morgan fingerprint density at radius 3 is 2.53 bits per heavy atom. The fourth-order valence-corrected chi connectivity index (χ4v) is 3.33. The van der Waals surface area contributed by atoms with Gasteiger partial charge in [-0.25, -0.2) is 13.8 Å². The molecule has 3 N–H and O–H groups in total. The number of H-pyrrole nitrogens is 1. The maximum absolute atomic E-state index is 14.5. The van der Waals surface area contributed by atoms with Gasteiger partial charge in [-0.05, 0) is 36.4 Å². The highest BCUT2D eigenvalue weighted by Gasteiger charge is 2.17. The zero-order chi connectivity index (χ0) is 21.4. The number of nitrogens with zero attached hydrogens (tertiary/aromatic N) is 1. The molecular weight excluding hydrogens is 457 g/mol. The van der Waals surface area contributed by atoms with Crippen molar-refractivity contribution in [1.82, 2.24) is 9.97 Å². The summed E-state index contributed by atoms with van der Waals surface area (Å²) in [5.74, 6) is -2.08. The Labute approximate surface area is 184 Å². The minimum Gasteiger partial charge on any atom is -0.324 e. The van der Waals surface area contributed by atoms with E-state index in [1.54, 1.807) is 18.2 Å². The number of hydrogen-bond donors (Lipinski definition) is 3. The van der Waals surface area contributed by atoms with Crippen molar-refractivity contribution in [1.29, 1.82) is 0 Å². The molecule has 0 atom stereocenters. The zero-order valence-corrected chi connectivity index (χ0v) is 17.1. The molecule has 1 heterocycles. The number of aromatic nitrogens is 2. The molecule has 0 aliphatic rings. The smallest absolute Gasteiger partial charge is 0.258 e. The largest absolute Gasteiger partial charge is 0.324 e. The molecule has 0 saturated carbocycles. The van der Waals surface area contributed by atoms with E-state index in [-0.39, 0.29) is 32.8 Å². The van der Waals surface area contributed by atoms with Gasteiger partial charge in [-0.1, -0.05) is 40.9 Å². The van der Waals surface area contributed by atoms with Gasteiger partial charge in [0.05, 0.1) is 32.3 Å². The highest BCUT2D eigenvalue weighted by atomic mass is 35.5. The molecule has 0 fully saturated rings. The molecule has 10 heteroatoms. The van der Waals surface area contributed by atoms with E-state index in [1.807, 2.05) is 0 Å². The molecule has 0 bridgehead atoms. The van der Waals surface area contributed by atoms with E-state index in [4.69, 9.17) is 34.8 Å². The number of halogens is 5. The number of amides is 1. The summed E-state index contributed by atoms with van der Waals surface area (Å²) < 4.78 is 28.7. The lowest BCUT2D eigenvalue weighted by Gasteiger charge is -2.07. The van der Waals surface area contributed by atoms with Crippen molar-refractivity contribution in [2.75, 3.05) is 10.6 Å². The summed E-state index contributed by atoms with van der Waals surface area (Å²) in [7, 11) is 0. The highest BCUT2D eigenvalue weighted by molar-refractivity contribution is 6.35. The third kappa shape index (κ3) is 4.05. The number of hydrogen-bond acceptors (Lipinski definition) is 3. The predicted octanol–water partition coefficient (Wildman–Crippen LogP) is 6.80. The summed E-state index contributed by atoms with van der Waals surface area (Å²) in [6.07, 6.45) is 0. The summed E-state index contributed by atoms with van der Waals surface area (Å²) in [4.78, 5) is 19.5. The number of fused-ring (bicyclic) bond motifs is 1. The normalized spacial score (nSPS) is 11.0. The van der Waals surface area contributed by atoms with Crippen LogP contribution in [0.5, 0.6) is 0 Å². The van der Waals surface area contributed by atoms with Gasteiger partial charge < -0.3 is 15.6 Å². The lowest BCUT2D eigenvalue weighted by Crippen LogP contribution is -2.13. The quantitative estimate of drug-likeness (QED) is 0.289. The molecule has 3 aromatic carbocycles. The van der Waals surface area contributed by atoms with Gasteiger partial charge in [0, 0.05) is 16.8 Å². The molecule has 0 spiro atoms. The molecule has 0 aliphatic heterocycles. The van der Waals surface area contributed by atoms with E-state index in [0.717, 1.165) is 6.07 Å². The molecular formula is C20H11Cl3F2N4O. The molecule has 5 nitrogen and oxygen atoms in total. The van der Waals surface area contributed by atoms with Crippen LogP contribution in [-0.4, -0.2) is 15.9 Å². The first-order valence-corrected chi connectivity index (χ1v) is 9.62. The highest BCUT2D eigenvalue weighted by Crippen LogP contribution is 2.32. The van der Waals surface area contributed by atoms with Crippen molar-refractivity contribution >= 4 is 69.1 Å². The maximum Gasteiger partial charge on any atom is 0.258 e.